The number of hydrogen-bond donors (Lipinski definition) is 2. The predicted octanol–water partition coefficient (Wildman–Crippen LogP) is 2.81. The number of aliphatic hydroxyl groups is 1. The third-order valence-electron chi connectivity index (χ3n) is 5.95. The Morgan fingerprint density at radius 1 is 1.23 bits per heavy atom. The molecule has 2 aliphatic heterocycles. The number of imidazole rings is 1. The van der Waals surface area contributed by atoms with Crippen molar-refractivity contribution in [1.29, 1.82) is 0 Å². The van der Waals surface area contributed by atoms with Crippen LogP contribution >= 0.6 is 0 Å². The molecule has 2 fully saturated rings. The van der Waals surface area contributed by atoms with E-state index in [-0.39, 0.29) is 24.6 Å². The highest BCUT2D eigenvalue weighted by Gasteiger charge is 2.31. The number of carbonyl (C=O) groups is 1. The summed E-state index contributed by atoms with van der Waals surface area (Å²) < 4.78 is 29.7. The van der Waals surface area contributed by atoms with Gasteiger partial charge in [0.2, 0.25) is 0 Å². The van der Waals surface area contributed by atoms with Gasteiger partial charge in [0.15, 0.2) is 11.5 Å². The molecule has 1 atom stereocenters. The van der Waals surface area contributed by atoms with E-state index in [1.165, 1.54) is 16.8 Å². The zero-order valence-electron chi connectivity index (χ0n) is 16.7. The number of benzene rings is 1. The number of anilines is 2. The maximum absolute atomic E-state index is 14.4. The minimum Gasteiger partial charge on any atom is -0.396 e. The summed E-state index contributed by atoms with van der Waals surface area (Å²) in [6.45, 7) is 1.73. The molecule has 4 heterocycles. The van der Waals surface area contributed by atoms with Crippen molar-refractivity contribution >= 4 is 23.3 Å². The molecule has 0 aliphatic carbocycles. The molecule has 0 spiro atoms. The molecular formula is C21H22F2N6O2. The molecule has 2 aliphatic rings. The van der Waals surface area contributed by atoms with E-state index in [2.05, 4.69) is 15.4 Å². The van der Waals surface area contributed by atoms with Crippen LogP contribution in [0.25, 0.3) is 5.65 Å². The van der Waals surface area contributed by atoms with Crippen LogP contribution in [0.5, 0.6) is 0 Å². The normalized spacial score (nSPS) is 19.1. The van der Waals surface area contributed by atoms with Gasteiger partial charge >= 0.3 is 6.03 Å². The van der Waals surface area contributed by atoms with Crippen LogP contribution in [0.4, 0.5) is 25.2 Å². The number of hydrogen-bond acceptors (Lipinski definition) is 5. The molecule has 2 N–H and O–H groups in total. The minimum atomic E-state index is -0.472. The predicted molar refractivity (Wildman–Crippen MR) is 110 cm³/mol. The number of halogens is 2. The number of urea groups is 1. The van der Waals surface area contributed by atoms with Gasteiger partial charge in [0.05, 0.1) is 12.2 Å². The zero-order chi connectivity index (χ0) is 21.5. The topological polar surface area (TPSA) is 86.0 Å². The Bertz CT molecular complexity index is 1130. The lowest BCUT2D eigenvalue weighted by atomic mass is 10.0. The Labute approximate surface area is 177 Å². The van der Waals surface area contributed by atoms with Gasteiger partial charge in [-0.1, -0.05) is 0 Å². The molecule has 3 aromatic rings. The molecule has 1 unspecified atom stereocenters. The van der Waals surface area contributed by atoms with Gasteiger partial charge in [0.25, 0.3) is 0 Å². The highest BCUT2D eigenvalue weighted by Crippen LogP contribution is 2.36. The Balaban J connectivity index is 1.41. The van der Waals surface area contributed by atoms with Gasteiger partial charge in [-0.05, 0) is 43.2 Å². The van der Waals surface area contributed by atoms with Crippen LogP contribution < -0.4 is 10.2 Å². The van der Waals surface area contributed by atoms with E-state index >= 15 is 0 Å². The van der Waals surface area contributed by atoms with E-state index in [4.69, 9.17) is 5.11 Å². The van der Waals surface area contributed by atoms with Gasteiger partial charge in [0, 0.05) is 37.7 Å². The van der Waals surface area contributed by atoms with Crippen LogP contribution in [0.2, 0.25) is 0 Å². The lowest BCUT2D eigenvalue weighted by Crippen LogP contribution is -2.52. The molecule has 0 bridgehead atoms. The number of aromatic nitrogens is 3. The first-order valence-electron chi connectivity index (χ1n) is 10.3. The third kappa shape index (κ3) is 3.56. The zero-order valence-corrected chi connectivity index (χ0v) is 16.7. The second-order valence-electron chi connectivity index (χ2n) is 8.01. The van der Waals surface area contributed by atoms with E-state index in [1.807, 2.05) is 4.90 Å². The van der Waals surface area contributed by atoms with Crippen molar-refractivity contribution in [2.75, 3.05) is 36.5 Å². The Morgan fingerprint density at radius 2 is 2.06 bits per heavy atom. The van der Waals surface area contributed by atoms with E-state index in [9.17, 15) is 13.6 Å². The summed E-state index contributed by atoms with van der Waals surface area (Å²) in [5, 5.41) is 16.5. The van der Waals surface area contributed by atoms with E-state index in [0.29, 0.717) is 48.9 Å². The maximum Gasteiger partial charge on any atom is 0.323 e. The van der Waals surface area contributed by atoms with Crippen molar-refractivity contribution in [1.82, 2.24) is 19.5 Å². The van der Waals surface area contributed by atoms with Crippen molar-refractivity contribution in [2.24, 2.45) is 5.92 Å². The third-order valence-corrected chi connectivity index (χ3v) is 5.95. The van der Waals surface area contributed by atoms with Crippen LogP contribution in [0.3, 0.4) is 0 Å². The number of nitrogens with zero attached hydrogens (tertiary/aromatic N) is 5. The SMILES string of the molecule is O=C(Nc1cnc2ccc(N3CCCC3c3cc(F)ccc3F)nn12)N1CC(CO)C1. The molecule has 2 amide bonds. The molecule has 2 saturated heterocycles. The molecule has 0 saturated carbocycles. The summed E-state index contributed by atoms with van der Waals surface area (Å²) in [5.41, 5.74) is 0.873. The number of rotatable bonds is 4. The summed E-state index contributed by atoms with van der Waals surface area (Å²) in [5.74, 6) is 0.220. The second kappa shape index (κ2) is 7.77. The van der Waals surface area contributed by atoms with E-state index in [0.717, 1.165) is 18.6 Å². The fourth-order valence-electron chi connectivity index (χ4n) is 4.28. The number of likely N-dealkylation sites (tertiary alicyclic amines) is 1. The first kappa shape index (κ1) is 19.7. The largest absolute Gasteiger partial charge is 0.396 e. The summed E-state index contributed by atoms with van der Waals surface area (Å²) in [6.07, 6.45) is 3.05. The summed E-state index contributed by atoms with van der Waals surface area (Å²) >= 11 is 0. The highest BCUT2D eigenvalue weighted by atomic mass is 19.1. The van der Waals surface area contributed by atoms with Gasteiger partial charge in [-0.2, -0.15) is 4.52 Å². The molecule has 10 heteroatoms. The minimum absolute atomic E-state index is 0.0627. The van der Waals surface area contributed by atoms with Crippen molar-refractivity contribution in [2.45, 2.75) is 18.9 Å². The van der Waals surface area contributed by atoms with Gasteiger partial charge in [-0.3, -0.25) is 5.32 Å². The first-order valence-corrected chi connectivity index (χ1v) is 10.3. The standard InChI is InChI=1S/C21H22F2N6O2/c22-14-3-4-16(23)15(8-14)17-2-1-7-28(17)19-6-5-18-24-9-20(29(18)26-19)25-21(31)27-10-13(11-27)12-30/h3-6,8-9,13,17,30H,1-2,7,10-12H2,(H,25,31). The second-order valence-corrected chi connectivity index (χ2v) is 8.01. The van der Waals surface area contributed by atoms with Crippen molar-refractivity contribution in [3.63, 3.8) is 0 Å². The molecule has 31 heavy (non-hydrogen) atoms. The number of carbonyl (C=O) groups excluding carboxylic acids is 1. The molecule has 1 aromatic carbocycles. The van der Waals surface area contributed by atoms with Crippen LogP contribution in [-0.4, -0.2) is 56.9 Å². The van der Waals surface area contributed by atoms with Crippen LogP contribution in [-0.2, 0) is 0 Å². The first-order chi connectivity index (χ1) is 15.0. The van der Waals surface area contributed by atoms with Gasteiger partial charge in [-0.15, -0.1) is 5.10 Å². The molecule has 8 nitrogen and oxygen atoms in total. The van der Waals surface area contributed by atoms with Gasteiger partial charge in [0.1, 0.15) is 17.5 Å². The van der Waals surface area contributed by atoms with Crippen molar-refractivity contribution in [3.8, 4) is 0 Å². The number of aliphatic hydroxyl groups excluding tert-OH is 1. The average Bonchev–Trinajstić information content (AvgIpc) is 3.36. The molecular weight excluding hydrogens is 406 g/mol. The van der Waals surface area contributed by atoms with E-state index < -0.39 is 11.6 Å². The van der Waals surface area contributed by atoms with Crippen molar-refractivity contribution < 1.29 is 18.7 Å². The average molecular weight is 428 g/mol. The number of fused-ring (bicyclic) bond motifs is 1. The fraction of sp³-hybridized carbons (Fsp3) is 0.381. The smallest absolute Gasteiger partial charge is 0.323 e. The highest BCUT2D eigenvalue weighted by molar-refractivity contribution is 5.89. The lowest BCUT2D eigenvalue weighted by Gasteiger charge is -2.37. The monoisotopic (exact) mass is 428 g/mol. The molecule has 0 radical (unpaired) electrons. The summed E-state index contributed by atoms with van der Waals surface area (Å²) in [6, 6.07) is 6.48. The van der Waals surface area contributed by atoms with Crippen LogP contribution in [0, 0.1) is 17.6 Å². The summed E-state index contributed by atoms with van der Waals surface area (Å²) in [4.78, 5) is 20.3. The number of nitrogens with one attached hydrogen (secondary N) is 1. The van der Waals surface area contributed by atoms with Gasteiger partial charge < -0.3 is 14.9 Å². The van der Waals surface area contributed by atoms with Gasteiger partial charge in [-0.25, -0.2) is 18.6 Å². The quantitative estimate of drug-likeness (QED) is 0.668. The lowest BCUT2D eigenvalue weighted by molar-refractivity contribution is 0.0838. The number of amides is 2. The Kier molecular flexibility index (Phi) is 4.93. The van der Waals surface area contributed by atoms with Crippen LogP contribution in [0.15, 0.2) is 36.5 Å². The molecule has 162 valence electrons. The fourth-order valence-corrected chi connectivity index (χ4v) is 4.28. The summed E-state index contributed by atoms with van der Waals surface area (Å²) in [7, 11) is 0. The Hall–Kier alpha value is -3.27. The molecule has 5 rings (SSSR count). The van der Waals surface area contributed by atoms with Crippen LogP contribution in [0.1, 0.15) is 24.4 Å². The maximum atomic E-state index is 14.4. The Morgan fingerprint density at radius 3 is 2.87 bits per heavy atom. The van der Waals surface area contributed by atoms with Crippen molar-refractivity contribution in [3.05, 3.63) is 53.7 Å². The van der Waals surface area contributed by atoms with E-state index in [1.54, 1.807) is 17.0 Å². The molecule has 2 aromatic heterocycles.